The first kappa shape index (κ1) is 8.50. The van der Waals surface area contributed by atoms with E-state index in [0.29, 0.717) is 0 Å². The van der Waals surface area contributed by atoms with Gasteiger partial charge in [0.2, 0.25) is 0 Å². The quantitative estimate of drug-likeness (QED) is 0.614. The number of rotatable bonds is 4. The summed E-state index contributed by atoms with van der Waals surface area (Å²) in [5, 5.41) is 3.08. The van der Waals surface area contributed by atoms with Gasteiger partial charge in [0.15, 0.2) is 0 Å². The minimum Gasteiger partial charge on any atom is -0.386 e. The van der Waals surface area contributed by atoms with E-state index in [9.17, 15) is 0 Å². The van der Waals surface area contributed by atoms with E-state index in [2.05, 4.69) is 11.9 Å². The maximum Gasteiger partial charge on any atom is 0.0715 e. The Bertz CT molecular complexity index is 90.9. The van der Waals surface area contributed by atoms with Crippen molar-refractivity contribution in [1.82, 2.24) is 5.32 Å². The van der Waals surface area contributed by atoms with Crippen LogP contribution in [0.25, 0.3) is 0 Å². The second kappa shape index (κ2) is 4.39. The summed E-state index contributed by atoms with van der Waals surface area (Å²) in [7, 11) is 1.70. The van der Waals surface area contributed by atoms with E-state index in [1.807, 2.05) is 13.8 Å². The Hall–Kier alpha value is -0.500. The van der Waals surface area contributed by atoms with Gasteiger partial charge in [-0.15, -0.1) is 0 Å². The molecule has 0 fully saturated rings. The van der Waals surface area contributed by atoms with Crippen LogP contribution in [0.3, 0.4) is 0 Å². The number of hydrogen-bond acceptors (Lipinski definition) is 2. The van der Waals surface area contributed by atoms with Gasteiger partial charge >= 0.3 is 0 Å². The van der Waals surface area contributed by atoms with Gasteiger partial charge in [-0.2, -0.15) is 0 Å². The van der Waals surface area contributed by atoms with Gasteiger partial charge in [0, 0.05) is 19.4 Å². The lowest BCUT2D eigenvalue weighted by Crippen LogP contribution is -2.23. The molecule has 0 spiro atoms. The van der Waals surface area contributed by atoms with Crippen molar-refractivity contribution < 1.29 is 4.74 Å². The fraction of sp³-hybridized carbons (Fsp3) is 0.714. The van der Waals surface area contributed by atoms with Crippen LogP contribution in [0.2, 0.25) is 0 Å². The van der Waals surface area contributed by atoms with Gasteiger partial charge in [-0.25, -0.2) is 0 Å². The fourth-order valence-electron chi connectivity index (χ4n) is 0.401. The van der Waals surface area contributed by atoms with Crippen LogP contribution in [-0.2, 0) is 4.74 Å². The van der Waals surface area contributed by atoms with Gasteiger partial charge in [-0.05, 0) is 13.8 Å². The molecule has 1 N–H and O–H groups in total. The Kier molecular flexibility index (Phi) is 4.14. The summed E-state index contributed by atoms with van der Waals surface area (Å²) < 4.78 is 5.00. The van der Waals surface area contributed by atoms with Crippen molar-refractivity contribution in [1.29, 1.82) is 0 Å². The monoisotopic (exact) mass is 129 g/mol. The Balaban J connectivity index is 3.16. The Labute approximate surface area is 56.9 Å². The summed E-state index contributed by atoms with van der Waals surface area (Å²) in [4.78, 5) is 0. The van der Waals surface area contributed by atoms with E-state index in [1.54, 1.807) is 7.11 Å². The zero-order chi connectivity index (χ0) is 7.28. The first-order chi connectivity index (χ1) is 4.16. The second-order valence-corrected chi connectivity index (χ2v) is 2.21. The van der Waals surface area contributed by atoms with Gasteiger partial charge in [-0.3, -0.25) is 0 Å². The predicted octanol–water partition coefficient (Wildman–Crippen LogP) is 1.14. The molecule has 54 valence electrons. The average molecular weight is 129 g/mol. The molecule has 0 heterocycles. The molecule has 9 heavy (non-hydrogen) atoms. The molecule has 0 aromatic rings. The highest BCUT2D eigenvalue weighted by Gasteiger charge is 1.95. The van der Waals surface area contributed by atoms with Gasteiger partial charge in [0.05, 0.1) is 6.10 Å². The Morgan fingerprint density at radius 3 is 2.67 bits per heavy atom. The first-order valence-corrected chi connectivity index (χ1v) is 3.09. The maximum atomic E-state index is 5.00. The lowest BCUT2D eigenvalue weighted by molar-refractivity contribution is 0.119. The van der Waals surface area contributed by atoms with Crippen molar-refractivity contribution in [2.45, 2.75) is 20.0 Å². The molecule has 0 aliphatic heterocycles. The molecule has 0 aliphatic rings. The highest BCUT2D eigenvalue weighted by atomic mass is 16.5. The molecule has 2 nitrogen and oxygen atoms in total. The SMILES string of the molecule is C=C(C)NCC(C)OC. The topological polar surface area (TPSA) is 21.3 Å². The number of nitrogens with one attached hydrogen (secondary N) is 1. The van der Waals surface area contributed by atoms with Crippen LogP contribution in [-0.4, -0.2) is 19.8 Å². The standard InChI is InChI=1S/C7H15NO/c1-6(2)8-5-7(3)9-4/h7-8H,1,5H2,2-4H3. The summed E-state index contributed by atoms with van der Waals surface area (Å²) in [6.45, 7) is 8.48. The Morgan fingerprint density at radius 2 is 2.33 bits per heavy atom. The molecule has 0 saturated heterocycles. The number of ether oxygens (including phenoxy) is 1. The highest BCUT2D eigenvalue weighted by molar-refractivity contribution is 4.84. The van der Waals surface area contributed by atoms with E-state index >= 15 is 0 Å². The van der Waals surface area contributed by atoms with Gasteiger partial charge in [-0.1, -0.05) is 6.58 Å². The molecule has 1 atom stereocenters. The average Bonchev–Trinajstić information content (AvgIpc) is 1.83. The second-order valence-electron chi connectivity index (χ2n) is 2.21. The fourth-order valence-corrected chi connectivity index (χ4v) is 0.401. The zero-order valence-corrected chi connectivity index (χ0v) is 6.40. The van der Waals surface area contributed by atoms with Crippen molar-refractivity contribution in [2.75, 3.05) is 13.7 Å². The summed E-state index contributed by atoms with van der Waals surface area (Å²) in [6.07, 6.45) is 0.265. The molecular formula is C7H15NO. The molecule has 0 aliphatic carbocycles. The van der Waals surface area contributed by atoms with E-state index < -0.39 is 0 Å². The Morgan fingerprint density at radius 1 is 1.78 bits per heavy atom. The lowest BCUT2D eigenvalue weighted by atomic mass is 10.4. The smallest absolute Gasteiger partial charge is 0.0715 e. The number of methoxy groups -OCH3 is 1. The lowest BCUT2D eigenvalue weighted by Gasteiger charge is -2.10. The molecule has 1 unspecified atom stereocenters. The summed E-state index contributed by atoms with van der Waals surface area (Å²) >= 11 is 0. The number of allylic oxidation sites excluding steroid dienone is 1. The highest BCUT2D eigenvalue weighted by Crippen LogP contribution is 1.85. The van der Waals surface area contributed by atoms with Crippen LogP contribution in [0.15, 0.2) is 12.3 Å². The predicted molar refractivity (Wildman–Crippen MR) is 39.3 cm³/mol. The molecular weight excluding hydrogens is 114 g/mol. The van der Waals surface area contributed by atoms with Crippen LogP contribution < -0.4 is 5.32 Å². The van der Waals surface area contributed by atoms with Crippen molar-refractivity contribution in [2.24, 2.45) is 0 Å². The zero-order valence-electron chi connectivity index (χ0n) is 6.40. The molecule has 0 bridgehead atoms. The summed E-state index contributed by atoms with van der Waals surface area (Å²) in [6, 6.07) is 0. The number of hydrogen-bond donors (Lipinski definition) is 1. The van der Waals surface area contributed by atoms with E-state index in [4.69, 9.17) is 4.74 Å². The van der Waals surface area contributed by atoms with Crippen molar-refractivity contribution in [3.63, 3.8) is 0 Å². The minimum atomic E-state index is 0.265. The molecule has 2 heteroatoms. The molecule has 0 radical (unpaired) electrons. The van der Waals surface area contributed by atoms with Crippen LogP contribution >= 0.6 is 0 Å². The third kappa shape index (κ3) is 5.37. The van der Waals surface area contributed by atoms with Gasteiger partial charge in [0.1, 0.15) is 0 Å². The normalized spacial score (nSPS) is 12.8. The molecule has 0 rings (SSSR count). The van der Waals surface area contributed by atoms with E-state index in [-0.39, 0.29) is 6.10 Å². The van der Waals surface area contributed by atoms with E-state index in [0.717, 1.165) is 12.2 Å². The largest absolute Gasteiger partial charge is 0.386 e. The van der Waals surface area contributed by atoms with Crippen molar-refractivity contribution in [3.8, 4) is 0 Å². The van der Waals surface area contributed by atoms with E-state index in [1.165, 1.54) is 0 Å². The van der Waals surface area contributed by atoms with Crippen LogP contribution in [0.1, 0.15) is 13.8 Å². The summed E-state index contributed by atoms with van der Waals surface area (Å²) in [5.74, 6) is 0. The minimum absolute atomic E-state index is 0.265. The van der Waals surface area contributed by atoms with Crippen LogP contribution in [0, 0.1) is 0 Å². The molecule has 0 aromatic heterocycles. The molecule has 0 amide bonds. The third-order valence-corrected chi connectivity index (χ3v) is 1.09. The first-order valence-electron chi connectivity index (χ1n) is 3.09. The summed E-state index contributed by atoms with van der Waals surface area (Å²) in [5.41, 5.74) is 0.985. The third-order valence-electron chi connectivity index (χ3n) is 1.09. The molecule has 0 saturated carbocycles. The van der Waals surface area contributed by atoms with Crippen molar-refractivity contribution >= 4 is 0 Å². The van der Waals surface area contributed by atoms with Crippen LogP contribution in [0.4, 0.5) is 0 Å². The maximum absolute atomic E-state index is 5.00. The van der Waals surface area contributed by atoms with Gasteiger partial charge in [0.25, 0.3) is 0 Å². The molecule has 0 aromatic carbocycles. The van der Waals surface area contributed by atoms with Crippen LogP contribution in [0.5, 0.6) is 0 Å². The van der Waals surface area contributed by atoms with Crippen molar-refractivity contribution in [3.05, 3.63) is 12.3 Å². The van der Waals surface area contributed by atoms with Gasteiger partial charge < -0.3 is 10.1 Å².